The van der Waals surface area contributed by atoms with E-state index in [2.05, 4.69) is 36.8 Å². The van der Waals surface area contributed by atoms with Gasteiger partial charge in [0, 0.05) is 4.88 Å². The summed E-state index contributed by atoms with van der Waals surface area (Å²) in [5.74, 6) is 0.368. The molecule has 0 saturated carbocycles. The van der Waals surface area contributed by atoms with E-state index in [1.54, 1.807) is 6.92 Å². The molecule has 6 nitrogen and oxygen atoms in total. The first-order valence-electron chi connectivity index (χ1n) is 9.38. The third kappa shape index (κ3) is 4.08. The van der Waals surface area contributed by atoms with Gasteiger partial charge < -0.3 is 4.52 Å². The SMILES string of the molecule is CCc1noc(C)c1C(=O)NNC(=O)c1cc2c(s1)CC[C@@H](C(C)(C)C)C2. The first-order chi connectivity index (χ1) is 12.7. The Labute approximate surface area is 163 Å². The van der Waals surface area contributed by atoms with Crippen LogP contribution in [0.15, 0.2) is 10.6 Å². The number of hydrogen-bond acceptors (Lipinski definition) is 5. The second kappa shape index (κ2) is 7.46. The van der Waals surface area contributed by atoms with Crippen molar-refractivity contribution < 1.29 is 14.1 Å². The molecule has 27 heavy (non-hydrogen) atoms. The summed E-state index contributed by atoms with van der Waals surface area (Å²) in [6.45, 7) is 10.4. The molecule has 0 saturated heterocycles. The molecule has 0 radical (unpaired) electrons. The fourth-order valence-electron chi connectivity index (χ4n) is 3.56. The van der Waals surface area contributed by atoms with Gasteiger partial charge in [-0.05, 0) is 55.6 Å². The first-order valence-corrected chi connectivity index (χ1v) is 10.2. The highest BCUT2D eigenvalue weighted by molar-refractivity contribution is 7.14. The number of nitrogens with one attached hydrogen (secondary N) is 2. The van der Waals surface area contributed by atoms with E-state index in [4.69, 9.17) is 4.52 Å². The highest BCUT2D eigenvalue weighted by Crippen LogP contribution is 2.40. The average molecular weight is 390 g/mol. The summed E-state index contributed by atoms with van der Waals surface area (Å²) in [6.07, 6.45) is 3.76. The minimum Gasteiger partial charge on any atom is -0.361 e. The molecule has 1 atom stereocenters. The van der Waals surface area contributed by atoms with Crippen LogP contribution in [-0.4, -0.2) is 17.0 Å². The Morgan fingerprint density at radius 3 is 2.67 bits per heavy atom. The number of hydrazine groups is 1. The number of carbonyl (C=O) groups is 2. The fourth-order valence-corrected chi connectivity index (χ4v) is 4.67. The van der Waals surface area contributed by atoms with Gasteiger partial charge in [-0.25, -0.2) is 0 Å². The largest absolute Gasteiger partial charge is 0.361 e. The molecule has 2 N–H and O–H groups in total. The van der Waals surface area contributed by atoms with Crippen LogP contribution >= 0.6 is 11.3 Å². The number of aryl methyl sites for hydroxylation is 3. The van der Waals surface area contributed by atoms with E-state index >= 15 is 0 Å². The van der Waals surface area contributed by atoms with Crippen molar-refractivity contribution in [2.45, 2.75) is 60.3 Å². The minimum atomic E-state index is -0.409. The van der Waals surface area contributed by atoms with Crippen molar-refractivity contribution in [3.63, 3.8) is 0 Å². The summed E-state index contributed by atoms with van der Waals surface area (Å²) in [5.41, 5.74) is 7.50. The molecular formula is C20H27N3O3S. The summed E-state index contributed by atoms with van der Waals surface area (Å²) in [4.78, 5) is 26.8. The van der Waals surface area contributed by atoms with Gasteiger partial charge in [-0.3, -0.25) is 20.4 Å². The van der Waals surface area contributed by atoms with E-state index in [9.17, 15) is 9.59 Å². The van der Waals surface area contributed by atoms with Crippen molar-refractivity contribution in [2.75, 3.05) is 0 Å². The van der Waals surface area contributed by atoms with Gasteiger partial charge in [-0.1, -0.05) is 32.9 Å². The molecule has 1 aliphatic carbocycles. The summed E-state index contributed by atoms with van der Waals surface area (Å²) in [5, 5.41) is 3.86. The van der Waals surface area contributed by atoms with Gasteiger partial charge >= 0.3 is 0 Å². The number of aromatic nitrogens is 1. The van der Waals surface area contributed by atoms with E-state index in [0.717, 1.165) is 19.3 Å². The van der Waals surface area contributed by atoms with Crippen LogP contribution in [0.2, 0.25) is 0 Å². The Bertz CT molecular complexity index is 860. The van der Waals surface area contributed by atoms with Gasteiger partial charge in [0.15, 0.2) is 0 Å². The zero-order chi connectivity index (χ0) is 19.8. The fraction of sp³-hybridized carbons (Fsp3) is 0.550. The zero-order valence-corrected chi connectivity index (χ0v) is 17.4. The summed E-state index contributed by atoms with van der Waals surface area (Å²) < 4.78 is 5.07. The predicted molar refractivity (Wildman–Crippen MR) is 105 cm³/mol. The summed E-state index contributed by atoms with van der Waals surface area (Å²) >= 11 is 1.52. The number of hydrogen-bond donors (Lipinski definition) is 2. The molecule has 3 rings (SSSR count). The van der Waals surface area contributed by atoms with E-state index in [-0.39, 0.29) is 11.3 Å². The third-order valence-corrected chi connectivity index (χ3v) is 6.55. The highest BCUT2D eigenvalue weighted by Gasteiger charge is 2.30. The maximum Gasteiger partial charge on any atom is 0.279 e. The van der Waals surface area contributed by atoms with Gasteiger partial charge in [0.2, 0.25) is 0 Å². The van der Waals surface area contributed by atoms with Crippen LogP contribution in [-0.2, 0) is 19.3 Å². The maximum atomic E-state index is 12.5. The molecule has 146 valence electrons. The van der Waals surface area contributed by atoms with Crippen LogP contribution < -0.4 is 10.9 Å². The second-order valence-electron chi connectivity index (χ2n) is 8.19. The Hall–Kier alpha value is -2.15. The van der Waals surface area contributed by atoms with Crippen molar-refractivity contribution in [3.8, 4) is 0 Å². The lowest BCUT2D eigenvalue weighted by molar-refractivity contribution is 0.0847. The summed E-state index contributed by atoms with van der Waals surface area (Å²) in [6, 6.07) is 1.97. The van der Waals surface area contributed by atoms with E-state index < -0.39 is 5.91 Å². The van der Waals surface area contributed by atoms with Crippen LogP contribution in [0.25, 0.3) is 0 Å². The van der Waals surface area contributed by atoms with Gasteiger partial charge in [-0.2, -0.15) is 0 Å². The monoisotopic (exact) mass is 389 g/mol. The zero-order valence-electron chi connectivity index (χ0n) is 16.6. The highest BCUT2D eigenvalue weighted by atomic mass is 32.1. The molecule has 0 aromatic carbocycles. The predicted octanol–water partition coefficient (Wildman–Crippen LogP) is 3.83. The Balaban J connectivity index is 1.65. The topological polar surface area (TPSA) is 84.2 Å². The lowest BCUT2D eigenvalue weighted by atomic mass is 9.72. The number of rotatable bonds is 3. The van der Waals surface area contributed by atoms with Crippen LogP contribution in [0.5, 0.6) is 0 Å². The quantitative estimate of drug-likeness (QED) is 0.782. The lowest BCUT2D eigenvalue weighted by Crippen LogP contribution is -2.41. The van der Waals surface area contributed by atoms with Crippen LogP contribution in [0.3, 0.4) is 0 Å². The van der Waals surface area contributed by atoms with Gasteiger partial charge in [-0.15, -0.1) is 11.3 Å². The molecule has 2 amide bonds. The van der Waals surface area contributed by atoms with Crippen molar-refractivity contribution in [3.05, 3.63) is 38.4 Å². The van der Waals surface area contributed by atoms with Crippen molar-refractivity contribution in [1.82, 2.24) is 16.0 Å². The standard InChI is InChI=1S/C20H27N3O3S/c1-6-14-17(11(2)26-23-14)19(25)22-21-18(24)16-10-12-9-13(20(3,4)5)7-8-15(12)27-16/h10,13H,6-9H2,1-5H3,(H,21,24)(H,22,25)/t13-/m1/s1. The third-order valence-electron chi connectivity index (χ3n) is 5.32. The molecule has 0 unspecified atom stereocenters. The van der Waals surface area contributed by atoms with Crippen molar-refractivity contribution in [2.24, 2.45) is 11.3 Å². The molecule has 1 aliphatic rings. The number of nitrogens with zero attached hydrogens (tertiary/aromatic N) is 1. The summed E-state index contributed by atoms with van der Waals surface area (Å²) in [7, 11) is 0. The molecule has 2 aromatic heterocycles. The van der Waals surface area contributed by atoms with E-state index in [1.807, 2.05) is 13.0 Å². The van der Waals surface area contributed by atoms with Crippen molar-refractivity contribution >= 4 is 23.2 Å². The maximum absolute atomic E-state index is 12.5. The molecule has 2 heterocycles. The van der Waals surface area contributed by atoms with Gasteiger partial charge in [0.1, 0.15) is 11.3 Å². The first kappa shape index (κ1) is 19.6. The van der Waals surface area contributed by atoms with Crippen LogP contribution in [0.4, 0.5) is 0 Å². The van der Waals surface area contributed by atoms with E-state index in [1.165, 1.54) is 21.8 Å². The molecule has 0 aliphatic heterocycles. The molecule has 0 fully saturated rings. The average Bonchev–Trinajstić information content (AvgIpc) is 3.21. The molecule has 0 bridgehead atoms. The lowest BCUT2D eigenvalue weighted by Gasteiger charge is -2.33. The Morgan fingerprint density at radius 1 is 1.30 bits per heavy atom. The molecule has 0 spiro atoms. The number of amides is 2. The molecule has 7 heteroatoms. The Morgan fingerprint density at radius 2 is 2.00 bits per heavy atom. The van der Waals surface area contributed by atoms with Crippen LogP contribution in [0.1, 0.15) is 76.0 Å². The second-order valence-corrected chi connectivity index (χ2v) is 9.32. The van der Waals surface area contributed by atoms with Gasteiger partial charge in [0.05, 0.1) is 10.6 Å². The number of fused-ring (bicyclic) bond motifs is 1. The van der Waals surface area contributed by atoms with E-state index in [0.29, 0.717) is 34.2 Å². The number of thiophene rings is 1. The van der Waals surface area contributed by atoms with Crippen molar-refractivity contribution in [1.29, 1.82) is 0 Å². The van der Waals surface area contributed by atoms with Gasteiger partial charge in [0.25, 0.3) is 11.8 Å². The molecular weight excluding hydrogens is 362 g/mol. The minimum absolute atomic E-state index is 0.267. The van der Waals surface area contributed by atoms with Crippen LogP contribution in [0, 0.1) is 18.3 Å². The smallest absolute Gasteiger partial charge is 0.279 e. The molecule has 2 aromatic rings. The number of carbonyl (C=O) groups excluding carboxylic acids is 2. The Kier molecular flexibility index (Phi) is 5.42. The normalized spacial score (nSPS) is 16.7.